The van der Waals surface area contributed by atoms with Gasteiger partial charge in [0, 0.05) is 43.5 Å². The molecule has 30 heavy (non-hydrogen) atoms. The van der Waals surface area contributed by atoms with Crippen molar-refractivity contribution in [3.8, 4) is 5.88 Å². The van der Waals surface area contributed by atoms with Crippen molar-refractivity contribution in [2.24, 2.45) is 4.99 Å². The van der Waals surface area contributed by atoms with Gasteiger partial charge in [-0.3, -0.25) is 4.79 Å². The Labute approximate surface area is 195 Å². The number of amides is 1. The smallest absolute Gasteiger partial charge is 0.227 e. The minimum atomic E-state index is 0. The molecule has 1 aliphatic heterocycles. The maximum Gasteiger partial charge on any atom is 0.227 e. The number of nitrogens with one attached hydrogen (secondary N) is 2. The largest absolute Gasteiger partial charge is 0.478 e. The van der Waals surface area contributed by atoms with Crippen LogP contribution in [0.2, 0.25) is 0 Å². The van der Waals surface area contributed by atoms with E-state index >= 15 is 0 Å². The summed E-state index contributed by atoms with van der Waals surface area (Å²) in [6.45, 7) is 7.27. The van der Waals surface area contributed by atoms with Crippen LogP contribution in [0.1, 0.15) is 37.8 Å². The van der Waals surface area contributed by atoms with Crippen molar-refractivity contribution in [3.63, 3.8) is 0 Å². The number of carbonyl (C=O) groups excluding carboxylic acids is 1. The number of rotatable bonds is 8. The molecule has 1 fully saturated rings. The van der Waals surface area contributed by atoms with Crippen LogP contribution in [-0.2, 0) is 17.9 Å². The van der Waals surface area contributed by atoms with Gasteiger partial charge in [0.25, 0.3) is 0 Å². The molecule has 162 valence electrons. The van der Waals surface area contributed by atoms with Gasteiger partial charge in [0.05, 0.1) is 13.2 Å². The first-order valence-electron chi connectivity index (χ1n) is 10.2. The molecule has 2 aromatic rings. The van der Waals surface area contributed by atoms with E-state index in [0.29, 0.717) is 32.0 Å². The third-order valence-corrected chi connectivity index (χ3v) is 4.66. The Morgan fingerprint density at radius 3 is 2.67 bits per heavy atom. The number of carbonyl (C=O) groups is 1. The zero-order chi connectivity index (χ0) is 20.5. The number of aromatic nitrogens is 1. The average Bonchev–Trinajstić information content (AvgIpc) is 3.17. The zero-order valence-corrected chi connectivity index (χ0v) is 19.9. The summed E-state index contributed by atoms with van der Waals surface area (Å²) in [5, 5.41) is 6.60. The van der Waals surface area contributed by atoms with Gasteiger partial charge in [-0.1, -0.05) is 18.2 Å². The molecule has 3 rings (SSSR count). The van der Waals surface area contributed by atoms with Crippen molar-refractivity contribution in [2.45, 2.75) is 39.8 Å². The van der Waals surface area contributed by atoms with Crippen LogP contribution in [0, 0.1) is 0 Å². The standard InChI is InChI=1S/C22H29N5O2.HI/c1-3-23-22(26-16-18-7-5-13-24-21(18)29-4-2)25-15-17-9-11-19(12-10-17)27-14-6-8-20(27)28;/h5,7,9-13H,3-4,6,8,14-16H2,1-2H3,(H2,23,25,26);1H. The Balaban J connectivity index is 0.00000320. The summed E-state index contributed by atoms with van der Waals surface area (Å²) in [4.78, 5) is 22.7. The molecule has 0 atom stereocenters. The molecule has 2 N–H and O–H groups in total. The number of nitrogens with zero attached hydrogens (tertiary/aromatic N) is 3. The number of ether oxygens (including phenoxy) is 1. The first-order valence-corrected chi connectivity index (χ1v) is 10.2. The molecule has 8 heteroatoms. The quantitative estimate of drug-likeness (QED) is 0.315. The van der Waals surface area contributed by atoms with Crippen molar-refractivity contribution in [2.75, 3.05) is 24.6 Å². The maximum atomic E-state index is 11.9. The van der Waals surface area contributed by atoms with Gasteiger partial charge in [-0.2, -0.15) is 0 Å². The van der Waals surface area contributed by atoms with Gasteiger partial charge in [-0.25, -0.2) is 9.98 Å². The monoisotopic (exact) mass is 523 g/mol. The summed E-state index contributed by atoms with van der Waals surface area (Å²) in [5.41, 5.74) is 3.04. The van der Waals surface area contributed by atoms with Crippen molar-refractivity contribution < 1.29 is 9.53 Å². The third-order valence-electron chi connectivity index (χ3n) is 4.66. The Hall–Kier alpha value is -2.36. The minimum absolute atomic E-state index is 0. The van der Waals surface area contributed by atoms with E-state index in [9.17, 15) is 4.79 Å². The first-order chi connectivity index (χ1) is 14.2. The molecule has 2 heterocycles. The van der Waals surface area contributed by atoms with Gasteiger partial charge in [0.2, 0.25) is 11.8 Å². The Morgan fingerprint density at radius 2 is 2.00 bits per heavy atom. The topological polar surface area (TPSA) is 78.9 Å². The molecule has 1 aromatic carbocycles. The van der Waals surface area contributed by atoms with Crippen LogP contribution >= 0.6 is 24.0 Å². The molecule has 0 saturated carbocycles. The lowest BCUT2D eigenvalue weighted by molar-refractivity contribution is -0.117. The minimum Gasteiger partial charge on any atom is -0.478 e. The number of guanidine groups is 1. The van der Waals surface area contributed by atoms with E-state index < -0.39 is 0 Å². The zero-order valence-electron chi connectivity index (χ0n) is 17.6. The molecule has 1 saturated heterocycles. The van der Waals surface area contributed by atoms with Gasteiger partial charge in [0.15, 0.2) is 5.96 Å². The van der Waals surface area contributed by atoms with Crippen molar-refractivity contribution >= 4 is 41.5 Å². The van der Waals surface area contributed by atoms with Gasteiger partial charge >= 0.3 is 0 Å². The molecule has 1 amide bonds. The number of halogens is 1. The highest BCUT2D eigenvalue weighted by Gasteiger charge is 2.21. The second-order valence-electron chi connectivity index (χ2n) is 6.76. The van der Waals surface area contributed by atoms with Crippen LogP contribution in [0.3, 0.4) is 0 Å². The Kier molecular flexibility index (Phi) is 9.85. The van der Waals surface area contributed by atoms with Crippen LogP contribution in [0.25, 0.3) is 0 Å². The molecule has 7 nitrogen and oxygen atoms in total. The van der Waals surface area contributed by atoms with E-state index in [2.05, 4.69) is 20.6 Å². The second kappa shape index (κ2) is 12.4. The number of benzene rings is 1. The fraction of sp³-hybridized carbons (Fsp3) is 0.409. The summed E-state index contributed by atoms with van der Waals surface area (Å²) in [7, 11) is 0. The van der Waals surface area contributed by atoms with E-state index in [1.807, 2.05) is 55.1 Å². The molecule has 0 unspecified atom stereocenters. The number of anilines is 1. The summed E-state index contributed by atoms with van der Waals surface area (Å²) < 4.78 is 5.58. The fourth-order valence-electron chi connectivity index (χ4n) is 3.22. The summed E-state index contributed by atoms with van der Waals surface area (Å²) in [6, 6.07) is 11.9. The highest BCUT2D eigenvalue weighted by atomic mass is 127. The summed E-state index contributed by atoms with van der Waals surface area (Å²) in [6.07, 6.45) is 3.31. The number of hydrogen-bond donors (Lipinski definition) is 2. The molecule has 1 aliphatic rings. The van der Waals surface area contributed by atoms with E-state index in [1.54, 1.807) is 6.20 Å². The number of hydrogen-bond acceptors (Lipinski definition) is 4. The molecule has 0 bridgehead atoms. The summed E-state index contributed by atoms with van der Waals surface area (Å²) >= 11 is 0. The van der Waals surface area contributed by atoms with E-state index in [1.165, 1.54) is 0 Å². The SMILES string of the molecule is CCNC(=NCc1ccc(N2CCCC2=O)cc1)NCc1cccnc1OCC.I. The molecule has 0 aliphatic carbocycles. The Bertz CT molecular complexity index is 842. The van der Waals surface area contributed by atoms with E-state index in [-0.39, 0.29) is 29.9 Å². The highest BCUT2D eigenvalue weighted by Crippen LogP contribution is 2.21. The average molecular weight is 523 g/mol. The lowest BCUT2D eigenvalue weighted by Crippen LogP contribution is -2.36. The first kappa shape index (κ1) is 23.9. The van der Waals surface area contributed by atoms with Crippen LogP contribution in [-0.4, -0.2) is 36.5 Å². The van der Waals surface area contributed by atoms with Crippen molar-refractivity contribution in [1.29, 1.82) is 0 Å². The fourth-order valence-corrected chi connectivity index (χ4v) is 3.22. The van der Waals surface area contributed by atoms with E-state index in [4.69, 9.17) is 4.74 Å². The van der Waals surface area contributed by atoms with Gasteiger partial charge in [-0.15, -0.1) is 24.0 Å². The maximum absolute atomic E-state index is 11.9. The predicted molar refractivity (Wildman–Crippen MR) is 131 cm³/mol. The van der Waals surface area contributed by atoms with Crippen LogP contribution in [0.15, 0.2) is 47.6 Å². The molecule has 1 aromatic heterocycles. The number of pyridine rings is 1. The molecular formula is C22H30IN5O2. The van der Waals surface area contributed by atoms with Gasteiger partial charge in [0.1, 0.15) is 0 Å². The normalized spacial score (nSPS) is 13.7. The lowest BCUT2D eigenvalue weighted by atomic mass is 10.2. The van der Waals surface area contributed by atoms with Crippen LogP contribution < -0.4 is 20.3 Å². The van der Waals surface area contributed by atoms with E-state index in [0.717, 1.165) is 42.3 Å². The van der Waals surface area contributed by atoms with Gasteiger partial charge in [-0.05, 0) is 44.0 Å². The van der Waals surface area contributed by atoms with Gasteiger partial charge < -0.3 is 20.3 Å². The molecular weight excluding hydrogens is 493 g/mol. The van der Waals surface area contributed by atoms with Crippen molar-refractivity contribution in [3.05, 3.63) is 53.7 Å². The van der Waals surface area contributed by atoms with Crippen LogP contribution in [0.4, 0.5) is 5.69 Å². The van der Waals surface area contributed by atoms with Crippen LogP contribution in [0.5, 0.6) is 5.88 Å². The lowest BCUT2D eigenvalue weighted by Gasteiger charge is -2.16. The predicted octanol–water partition coefficient (Wildman–Crippen LogP) is 3.48. The highest BCUT2D eigenvalue weighted by molar-refractivity contribution is 14.0. The summed E-state index contributed by atoms with van der Waals surface area (Å²) in [5.74, 6) is 1.58. The number of aliphatic imine (C=N–C) groups is 1. The molecule has 0 radical (unpaired) electrons. The second-order valence-corrected chi connectivity index (χ2v) is 6.76. The Morgan fingerprint density at radius 1 is 1.20 bits per heavy atom. The third kappa shape index (κ3) is 6.58. The molecule has 0 spiro atoms. The van der Waals surface area contributed by atoms with Crippen molar-refractivity contribution in [1.82, 2.24) is 15.6 Å².